The van der Waals surface area contributed by atoms with Crippen LogP contribution >= 0.6 is 11.3 Å². The third kappa shape index (κ3) is 3.55. The van der Waals surface area contributed by atoms with Gasteiger partial charge in [0.25, 0.3) is 0 Å². The van der Waals surface area contributed by atoms with Gasteiger partial charge >= 0.3 is 0 Å². The maximum atomic E-state index is 5.19. The number of aromatic nitrogens is 1. The molecular formula is C17H18INOS. The third-order valence-corrected chi connectivity index (χ3v) is 4.89. The maximum Gasteiger partial charge on any atom is 0.238 e. The van der Waals surface area contributed by atoms with Crippen LogP contribution in [0.3, 0.4) is 0 Å². The minimum atomic E-state index is 0. The molecule has 0 N–H and O–H groups in total. The van der Waals surface area contributed by atoms with Crippen molar-refractivity contribution >= 4 is 21.6 Å². The Kier molecular flexibility index (Phi) is 5.58. The monoisotopic (exact) mass is 411 g/mol. The van der Waals surface area contributed by atoms with Crippen LogP contribution in [0.1, 0.15) is 10.6 Å². The zero-order valence-corrected chi connectivity index (χ0v) is 15.1. The smallest absolute Gasteiger partial charge is 0.238 e. The van der Waals surface area contributed by atoms with Crippen molar-refractivity contribution in [3.05, 3.63) is 59.1 Å². The second-order valence-corrected chi connectivity index (χ2v) is 5.99. The van der Waals surface area contributed by atoms with Crippen molar-refractivity contribution in [3.8, 4) is 5.75 Å². The summed E-state index contributed by atoms with van der Waals surface area (Å²) in [6, 6.07) is 16.9. The van der Waals surface area contributed by atoms with Crippen LogP contribution in [0, 0.1) is 0 Å². The molecule has 3 aromatic rings. The van der Waals surface area contributed by atoms with Gasteiger partial charge in [-0.15, -0.1) is 0 Å². The Hall–Kier alpha value is -1.14. The first-order valence-electron chi connectivity index (χ1n) is 6.77. The van der Waals surface area contributed by atoms with Crippen LogP contribution < -0.4 is 33.3 Å². The van der Waals surface area contributed by atoms with Crippen LogP contribution in [0.4, 0.5) is 0 Å². The molecule has 21 heavy (non-hydrogen) atoms. The number of methoxy groups -OCH3 is 1. The predicted octanol–water partition coefficient (Wildman–Crippen LogP) is 0.524. The molecule has 0 fully saturated rings. The van der Waals surface area contributed by atoms with E-state index in [4.69, 9.17) is 4.74 Å². The summed E-state index contributed by atoms with van der Waals surface area (Å²) in [4.78, 5) is 0. The van der Waals surface area contributed by atoms with Crippen molar-refractivity contribution in [1.82, 2.24) is 0 Å². The van der Waals surface area contributed by atoms with Gasteiger partial charge in [-0.25, -0.2) is 0 Å². The summed E-state index contributed by atoms with van der Waals surface area (Å²) in [5.74, 6) is 0.918. The van der Waals surface area contributed by atoms with Crippen LogP contribution in [0.15, 0.2) is 48.5 Å². The van der Waals surface area contributed by atoms with Crippen LogP contribution in [-0.4, -0.2) is 7.11 Å². The van der Waals surface area contributed by atoms with E-state index in [1.807, 2.05) is 23.5 Å². The molecule has 0 amide bonds. The van der Waals surface area contributed by atoms with E-state index in [2.05, 4.69) is 48.0 Å². The summed E-state index contributed by atoms with van der Waals surface area (Å²) in [6.07, 6.45) is 2.13. The number of para-hydroxylation sites is 1. The highest BCUT2D eigenvalue weighted by Crippen LogP contribution is 2.21. The van der Waals surface area contributed by atoms with Gasteiger partial charge in [-0.3, -0.25) is 0 Å². The highest BCUT2D eigenvalue weighted by molar-refractivity contribution is 7.18. The summed E-state index contributed by atoms with van der Waals surface area (Å²) >= 11 is 1.89. The van der Waals surface area contributed by atoms with E-state index >= 15 is 0 Å². The SMILES string of the molecule is COc1ccc(CCc2sc3ccccc3[n+]2C)cc1.[I-]. The Morgan fingerprint density at radius 3 is 2.38 bits per heavy atom. The first-order valence-corrected chi connectivity index (χ1v) is 7.59. The van der Waals surface area contributed by atoms with Gasteiger partial charge < -0.3 is 28.7 Å². The number of nitrogens with zero attached hydrogens (tertiary/aromatic N) is 1. The molecule has 0 aliphatic carbocycles. The fourth-order valence-corrected chi connectivity index (χ4v) is 3.56. The van der Waals surface area contributed by atoms with E-state index in [1.54, 1.807) is 7.11 Å². The van der Waals surface area contributed by atoms with Gasteiger partial charge in [0.2, 0.25) is 10.5 Å². The number of rotatable bonds is 4. The number of ether oxygens (including phenoxy) is 1. The molecule has 0 radical (unpaired) electrons. The Balaban J connectivity index is 0.00000161. The molecule has 1 heterocycles. The largest absolute Gasteiger partial charge is 1.00 e. The number of aryl methyl sites for hydroxylation is 3. The molecule has 0 bridgehead atoms. The lowest BCUT2D eigenvalue weighted by molar-refractivity contribution is -0.648. The zero-order chi connectivity index (χ0) is 13.9. The highest BCUT2D eigenvalue weighted by Gasteiger charge is 2.15. The molecule has 1 aromatic heterocycles. The summed E-state index contributed by atoms with van der Waals surface area (Å²) in [5, 5.41) is 1.42. The number of benzene rings is 2. The molecule has 110 valence electrons. The average molecular weight is 411 g/mol. The van der Waals surface area contributed by atoms with Gasteiger partial charge in [0, 0.05) is 12.5 Å². The first kappa shape index (κ1) is 16.2. The van der Waals surface area contributed by atoms with E-state index < -0.39 is 0 Å². The summed E-state index contributed by atoms with van der Waals surface area (Å²) in [5.41, 5.74) is 2.67. The second-order valence-electron chi connectivity index (χ2n) is 4.87. The molecular weight excluding hydrogens is 393 g/mol. The molecule has 0 spiro atoms. The predicted molar refractivity (Wildman–Crippen MR) is 83.4 cm³/mol. The normalized spacial score (nSPS) is 10.4. The molecule has 2 aromatic carbocycles. The molecule has 0 saturated heterocycles. The first-order chi connectivity index (χ1) is 9.78. The van der Waals surface area contributed by atoms with E-state index in [1.165, 1.54) is 20.8 Å². The molecule has 0 unspecified atom stereocenters. The van der Waals surface area contributed by atoms with Crippen molar-refractivity contribution in [3.63, 3.8) is 0 Å². The Morgan fingerprint density at radius 2 is 1.71 bits per heavy atom. The molecule has 2 nitrogen and oxygen atoms in total. The summed E-state index contributed by atoms with van der Waals surface area (Å²) in [7, 11) is 3.86. The van der Waals surface area contributed by atoms with Crippen molar-refractivity contribution < 1.29 is 33.3 Å². The molecule has 4 heteroatoms. The average Bonchev–Trinajstić information content (AvgIpc) is 2.83. The molecule has 0 aliphatic rings. The lowest BCUT2D eigenvalue weighted by Crippen LogP contribution is -3.00. The number of hydrogen-bond acceptors (Lipinski definition) is 2. The zero-order valence-electron chi connectivity index (χ0n) is 12.2. The van der Waals surface area contributed by atoms with Crippen LogP contribution in [0.2, 0.25) is 0 Å². The maximum absolute atomic E-state index is 5.19. The van der Waals surface area contributed by atoms with Crippen molar-refractivity contribution in [2.45, 2.75) is 12.8 Å². The topological polar surface area (TPSA) is 13.1 Å². The summed E-state index contributed by atoms with van der Waals surface area (Å²) < 4.78 is 8.86. The van der Waals surface area contributed by atoms with E-state index in [0.717, 1.165) is 18.6 Å². The Bertz CT molecular complexity index is 721. The minimum absolute atomic E-state index is 0. The Morgan fingerprint density at radius 1 is 1.00 bits per heavy atom. The Labute approximate surface area is 146 Å². The van der Waals surface area contributed by atoms with Crippen LogP contribution in [0.25, 0.3) is 10.2 Å². The van der Waals surface area contributed by atoms with Crippen molar-refractivity contribution in [2.75, 3.05) is 7.11 Å². The standard InChI is InChI=1S/C17H18NOS.HI/c1-18-15-5-3-4-6-16(15)20-17(18)12-9-13-7-10-14(19-2)11-8-13;/h3-8,10-11H,9,12H2,1-2H3;1H/q+1;/p-1. The molecule has 0 atom stereocenters. The lowest BCUT2D eigenvalue weighted by atomic mass is 10.1. The number of fused-ring (bicyclic) bond motifs is 1. The fraction of sp³-hybridized carbons (Fsp3) is 0.235. The third-order valence-electron chi connectivity index (χ3n) is 3.62. The van der Waals surface area contributed by atoms with E-state index in [9.17, 15) is 0 Å². The fourth-order valence-electron chi connectivity index (χ4n) is 2.41. The number of hydrogen-bond donors (Lipinski definition) is 0. The molecule has 0 aliphatic heterocycles. The van der Waals surface area contributed by atoms with Crippen molar-refractivity contribution in [1.29, 1.82) is 0 Å². The van der Waals surface area contributed by atoms with E-state index in [-0.39, 0.29) is 24.0 Å². The number of thiazole rings is 1. The van der Waals surface area contributed by atoms with E-state index in [0.29, 0.717) is 0 Å². The second kappa shape index (κ2) is 7.22. The quantitative estimate of drug-likeness (QED) is 0.451. The lowest BCUT2D eigenvalue weighted by Gasteiger charge is -2.01. The van der Waals surface area contributed by atoms with Gasteiger partial charge in [0.05, 0.1) is 7.11 Å². The van der Waals surface area contributed by atoms with Crippen LogP contribution in [0.5, 0.6) is 5.75 Å². The van der Waals surface area contributed by atoms with Gasteiger partial charge in [-0.05, 0) is 30.2 Å². The van der Waals surface area contributed by atoms with Gasteiger partial charge in [-0.2, -0.15) is 4.57 Å². The molecule has 3 rings (SSSR count). The van der Waals surface area contributed by atoms with Crippen LogP contribution in [-0.2, 0) is 19.9 Å². The van der Waals surface area contributed by atoms with Gasteiger partial charge in [-0.1, -0.05) is 35.6 Å². The summed E-state index contributed by atoms with van der Waals surface area (Å²) in [6.45, 7) is 0. The minimum Gasteiger partial charge on any atom is -1.00 e. The van der Waals surface area contributed by atoms with Crippen molar-refractivity contribution in [2.24, 2.45) is 7.05 Å². The van der Waals surface area contributed by atoms with Gasteiger partial charge in [0.15, 0.2) is 0 Å². The van der Waals surface area contributed by atoms with Gasteiger partial charge in [0.1, 0.15) is 17.5 Å². The highest BCUT2D eigenvalue weighted by atomic mass is 127. The number of halogens is 1. The molecule has 0 saturated carbocycles.